The SMILES string of the molecule is CC(C)CC(C=N)OC(C=N)CC(C)C. The maximum atomic E-state index is 7.28. The Balaban J connectivity index is 4.11. The second kappa shape index (κ2) is 7.57. The molecule has 0 saturated carbocycles. The van der Waals surface area contributed by atoms with Gasteiger partial charge in [0, 0.05) is 12.4 Å². The summed E-state index contributed by atoms with van der Waals surface area (Å²) in [7, 11) is 0. The van der Waals surface area contributed by atoms with Crippen molar-refractivity contribution in [1.82, 2.24) is 0 Å². The minimum absolute atomic E-state index is 0.143. The molecule has 0 heterocycles. The van der Waals surface area contributed by atoms with Crippen molar-refractivity contribution in [1.29, 1.82) is 10.8 Å². The third kappa shape index (κ3) is 7.25. The summed E-state index contributed by atoms with van der Waals surface area (Å²) in [5, 5.41) is 14.6. The van der Waals surface area contributed by atoms with Crippen LogP contribution in [-0.2, 0) is 4.74 Å². The van der Waals surface area contributed by atoms with Crippen LogP contribution in [-0.4, -0.2) is 24.6 Å². The summed E-state index contributed by atoms with van der Waals surface area (Å²) < 4.78 is 5.68. The molecule has 0 amide bonds. The van der Waals surface area contributed by atoms with Crippen molar-refractivity contribution in [3.63, 3.8) is 0 Å². The molecule has 0 rings (SSSR count). The van der Waals surface area contributed by atoms with Gasteiger partial charge in [0.2, 0.25) is 0 Å². The quantitative estimate of drug-likeness (QED) is 0.597. The normalized spacial score (nSPS) is 15.3. The molecule has 15 heavy (non-hydrogen) atoms. The zero-order valence-corrected chi connectivity index (χ0v) is 10.3. The molecule has 0 aromatic rings. The number of rotatable bonds is 8. The number of hydrogen-bond acceptors (Lipinski definition) is 3. The number of ether oxygens (including phenoxy) is 1. The summed E-state index contributed by atoms with van der Waals surface area (Å²) in [4.78, 5) is 0. The second-order valence-corrected chi connectivity index (χ2v) is 4.81. The van der Waals surface area contributed by atoms with E-state index < -0.39 is 0 Å². The van der Waals surface area contributed by atoms with Crippen molar-refractivity contribution in [2.75, 3.05) is 0 Å². The fraction of sp³-hybridized carbons (Fsp3) is 0.833. The highest BCUT2D eigenvalue weighted by Gasteiger charge is 2.15. The van der Waals surface area contributed by atoms with E-state index in [1.807, 2.05) is 0 Å². The highest BCUT2D eigenvalue weighted by Crippen LogP contribution is 2.13. The van der Waals surface area contributed by atoms with Gasteiger partial charge in [-0.25, -0.2) is 0 Å². The minimum Gasteiger partial charge on any atom is -0.364 e. The van der Waals surface area contributed by atoms with Crippen LogP contribution in [0.4, 0.5) is 0 Å². The molecule has 88 valence electrons. The first-order chi connectivity index (χ1) is 6.99. The van der Waals surface area contributed by atoms with Crippen molar-refractivity contribution in [2.45, 2.75) is 52.7 Å². The second-order valence-electron chi connectivity index (χ2n) is 4.81. The number of nitrogens with one attached hydrogen (secondary N) is 2. The molecule has 0 radical (unpaired) electrons. The van der Waals surface area contributed by atoms with Crippen molar-refractivity contribution < 1.29 is 4.74 Å². The Hall–Kier alpha value is -0.700. The van der Waals surface area contributed by atoms with Gasteiger partial charge in [-0.1, -0.05) is 27.7 Å². The Morgan fingerprint density at radius 3 is 1.40 bits per heavy atom. The molecule has 3 nitrogen and oxygen atoms in total. The molecule has 0 bridgehead atoms. The molecule has 0 spiro atoms. The Labute approximate surface area is 93.2 Å². The summed E-state index contributed by atoms with van der Waals surface area (Å²) >= 11 is 0. The van der Waals surface area contributed by atoms with E-state index in [4.69, 9.17) is 15.6 Å². The maximum absolute atomic E-state index is 7.28. The van der Waals surface area contributed by atoms with Crippen LogP contribution in [0.2, 0.25) is 0 Å². The van der Waals surface area contributed by atoms with Gasteiger partial charge in [-0.05, 0) is 24.7 Å². The Morgan fingerprint density at radius 1 is 0.867 bits per heavy atom. The summed E-state index contributed by atoms with van der Waals surface area (Å²) in [5.41, 5.74) is 0. The zero-order chi connectivity index (χ0) is 11.8. The average molecular weight is 212 g/mol. The molecular weight excluding hydrogens is 188 g/mol. The van der Waals surface area contributed by atoms with Gasteiger partial charge in [0.25, 0.3) is 0 Å². The van der Waals surface area contributed by atoms with E-state index in [0.717, 1.165) is 12.8 Å². The average Bonchev–Trinajstić information content (AvgIpc) is 2.14. The first-order valence-electron chi connectivity index (χ1n) is 5.66. The van der Waals surface area contributed by atoms with E-state index >= 15 is 0 Å². The van der Waals surface area contributed by atoms with Crippen LogP contribution >= 0.6 is 0 Å². The number of hydrogen-bond donors (Lipinski definition) is 2. The fourth-order valence-corrected chi connectivity index (χ4v) is 1.48. The Kier molecular flexibility index (Phi) is 7.22. The molecule has 2 atom stereocenters. The fourth-order valence-electron chi connectivity index (χ4n) is 1.48. The third-order valence-electron chi connectivity index (χ3n) is 2.13. The maximum Gasteiger partial charge on any atom is 0.0930 e. The molecule has 0 aromatic heterocycles. The van der Waals surface area contributed by atoms with Gasteiger partial charge in [0.05, 0.1) is 12.2 Å². The smallest absolute Gasteiger partial charge is 0.0930 e. The molecular formula is C12H24N2O. The first kappa shape index (κ1) is 14.3. The first-order valence-corrected chi connectivity index (χ1v) is 5.66. The van der Waals surface area contributed by atoms with Crippen molar-refractivity contribution in [3.8, 4) is 0 Å². The molecule has 2 N–H and O–H groups in total. The van der Waals surface area contributed by atoms with Crippen LogP contribution in [0.3, 0.4) is 0 Å². The van der Waals surface area contributed by atoms with Gasteiger partial charge >= 0.3 is 0 Å². The molecule has 0 aliphatic carbocycles. The molecule has 0 saturated heterocycles. The van der Waals surface area contributed by atoms with Crippen molar-refractivity contribution in [3.05, 3.63) is 0 Å². The van der Waals surface area contributed by atoms with Crippen LogP contribution in [0, 0.1) is 22.7 Å². The highest BCUT2D eigenvalue weighted by atomic mass is 16.5. The van der Waals surface area contributed by atoms with E-state index in [1.54, 1.807) is 0 Å². The van der Waals surface area contributed by atoms with Crippen LogP contribution in [0.1, 0.15) is 40.5 Å². The summed E-state index contributed by atoms with van der Waals surface area (Å²) in [6.07, 6.45) is 4.11. The van der Waals surface area contributed by atoms with E-state index in [0.29, 0.717) is 11.8 Å². The third-order valence-corrected chi connectivity index (χ3v) is 2.13. The largest absolute Gasteiger partial charge is 0.364 e. The lowest BCUT2D eigenvalue weighted by Gasteiger charge is -2.21. The summed E-state index contributed by atoms with van der Waals surface area (Å²) in [5.74, 6) is 1.03. The predicted molar refractivity (Wildman–Crippen MR) is 65.1 cm³/mol. The minimum atomic E-state index is -0.143. The van der Waals surface area contributed by atoms with Crippen LogP contribution < -0.4 is 0 Å². The van der Waals surface area contributed by atoms with Gasteiger partial charge in [0.15, 0.2) is 0 Å². The van der Waals surface area contributed by atoms with Gasteiger partial charge in [-0.3, -0.25) is 0 Å². The van der Waals surface area contributed by atoms with Gasteiger partial charge in [-0.2, -0.15) is 0 Å². The molecule has 0 aromatic carbocycles. The summed E-state index contributed by atoms with van der Waals surface area (Å²) in [6, 6.07) is 0. The standard InChI is InChI=1S/C12H24N2O/c1-9(2)5-11(7-13)15-12(8-14)6-10(3)4/h7-14H,5-6H2,1-4H3. The predicted octanol–water partition coefficient (Wildman–Crippen LogP) is 3.13. The lowest BCUT2D eigenvalue weighted by atomic mass is 10.0. The van der Waals surface area contributed by atoms with Gasteiger partial charge < -0.3 is 15.6 Å². The Morgan fingerprint density at radius 2 is 1.20 bits per heavy atom. The van der Waals surface area contributed by atoms with E-state index in [9.17, 15) is 0 Å². The van der Waals surface area contributed by atoms with E-state index in [-0.39, 0.29) is 12.2 Å². The molecule has 0 aliphatic rings. The lowest BCUT2D eigenvalue weighted by Crippen LogP contribution is -2.26. The lowest BCUT2D eigenvalue weighted by molar-refractivity contribution is 0.0460. The zero-order valence-electron chi connectivity index (χ0n) is 10.3. The van der Waals surface area contributed by atoms with Gasteiger partial charge in [-0.15, -0.1) is 0 Å². The van der Waals surface area contributed by atoms with Crippen LogP contribution in [0.25, 0.3) is 0 Å². The molecule has 0 fully saturated rings. The Bertz CT molecular complexity index is 170. The molecule has 3 heteroatoms. The van der Waals surface area contributed by atoms with E-state index in [2.05, 4.69) is 27.7 Å². The van der Waals surface area contributed by atoms with Crippen molar-refractivity contribution >= 4 is 12.4 Å². The van der Waals surface area contributed by atoms with Crippen molar-refractivity contribution in [2.24, 2.45) is 11.8 Å². The topological polar surface area (TPSA) is 56.9 Å². The highest BCUT2D eigenvalue weighted by molar-refractivity contribution is 5.62. The van der Waals surface area contributed by atoms with E-state index in [1.165, 1.54) is 12.4 Å². The monoisotopic (exact) mass is 212 g/mol. The molecule has 0 aliphatic heterocycles. The summed E-state index contributed by atoms with van der Waals surface area (Å²) in [6.45, 7) is 8.45. The van der Waals surface area contributed by atoms with Crippen LogP contribution in [0.15, 0.2) is 0 Å². The molecule has 2 unspecified atom stereocenters. The van der Waals surface area contributed by atoms with Crippen LogP contribution in [0.5, 0.6) is 0 Å². The van der Waals surface area contributed by atoms with Gasteiger partial charge in [0.1, 0.15) is 0 Å².